The molecule has 0 unspecified atom stereocenters. The van der Waals surface area contributed by atoms with Gasteiger partial charge in [0.25, 0.3) is 5.91 Å². The summed E-state index contributed by atoms with van der Waals surface area (Å²) in [6.45, 7) is 1.96. The fraction of sp³-hybridized carbons (Fsp3) is 0.316. The van der Waals surface area contributed by atoms with Crippen LogP contribution in [0.4, 0.5) is 11.5 Å². The van der Waals surface area contributed by atoms with Crippen molar-refractivity contribution in [3.8, 4) is 0 Å². The van der Waals surface area contributed by atoms with Gasteiger partial charge in [0.15, 0.2) is 0 Å². The normalized spacial score (nSPS) is 14.1. The molecule has 3 aromatic rings. The van der Waals surface area contributed by atoms with Gasteiger partial charge in [-0.25, -0.2) is 9.97 Å². The minimum atomic E-state index is -0.228. The number of amides is 1. The molecule has 25 heavy (non-hydrogen) atoms. The van der Waals surface area contributed by atoms with Crippen LogP contribution in [0, 0.1) is 6.92 Å². The van der Waals surface area contributed by atoms with Crippen molar-refractivity contribution in [1.29, 1.82) is 0 Å². The highest BCUT2D eigenvalue weighted by Gasteiger charge is 2.20. The first kappa shape index (κ1) is 16.0. The second kappa shape index (κ2) is 6.44. The highest BCUT2D eigenvalue weighted by atomic mass is 32.1. The zero-order chi connectivity index (χ0) is 17.4. The average Bonchev–Trinajstić information content (AvgIpc) is 2.76. The van der Waals surface area contributed by atoms with E-state index < -0.39 is 0 Å². The van der Waals surface area contributed by atoms with Crippen LogP contribution in [0.1, 0.15) is 45.8 Å². The molecule has 0 spiro atoms. The Morgan fingerprint density at radius 2 is 2.08 bits per heavy atom. The number of carbonyl (C=O) groups excluding carboxylic acids is 1. The molecule has 128 valence electrons. The number of pyridine rings is 2. The van der Waals surface area contributed by atoms with Gasteiger partial charge >= 0.3 is 0 Å². The van der Waals surface area contributed by atoms with Crippen LogP contribution in [0.15, 0.2) is 24.4 Å². The summed E-state index contributed by atoms with van der Waals surface area (Å²) in [5.41, 5.74) is 10.3. The molecular weight excluding hydrogens is 332 g/mol. The minimum Gasteiger partial charge on any atom is -0.397 e. The van der Waals surface area contributed by atoms with Crippen molar-refractivity contribution in [1.82, 2.24) is 9.97 Å². The van der Waals surface area contributed by atoms with E-state index in [9.17, 15) is 4.79 Å². The number of carbonyl (C=O) groups is 1. The summed E-state index contributed by atoms with van der Waals surface area (Å²) in [6, 6.07) is 5.86. The molecule has 0 fully saturated rings. The number of nitrogens with two attached hydrogens (primary N) is 1. The third-order valence-corrected chi connectivity index (χ3v) is 5.73. The van der Waals surface area contributed by atoms with Crippen molar-refractivity contribution in [3.05, 3.63) is 46.1 Å². The van der Waals surface area contributed by atoms with Crippen LogP contribution < -0.4 is 11.1 Å². The molecule has 0 bridgehead atoms. The zero-order valence-corrected chi connectivity index (χ0v) is 14.9. The predicted octanol–water partition coefficient (Wildman–Crippen LogP) is 4.10. The van der Waals surface area contributed by atoms with E-state index in [4.69, 9.17) is 10.7 Å². The number of aromatic nitrogens is 2. The maximum absolute atomic E-state index is 12.6. The number of thiophene rings is 1. The summed E-state index contributed by atoms with van der Waals surface area (Å²) in [4.78, 5) is 23.0. The second-order valence-corrected chi connectivity index (χ2v) is 7.52. The highest BCUT2D eigenvalue weighted by molar-refractivity contribution is 7.21. The number of hydrogen-bond donors (Lipinski definition) is 2. The Morgan fingerprint density at radius 3 is 2.92 bits per heavy atom. The van der Waals surface area contributed by atoms with Gasteiger partial charge in [-0.2, -0.15) is 0 Å². The lowest BCUT2D eigenvalue weighted by atomic mass is 10.1. The minimum absolute atomic E-state index is 0.228. The first-order valence-electron chi connectivity index (χ1n) is 8.56. The summed E-state index contributed by atoms with van der Waals surface area (Å²) in [5.74, 6) is 0.305. The summed E-state index contributed by atoms with van der Waals surface area (Å²) in [5, 5.41) is 3.73. The summed E-state index contributed by atoms with van der Waals surface area (Å²) in [6.07, 6.45) is 7.35. The van der Waals surface area contributed by atoms with Crippen LogP contribution in [0.2, 0.25) is 0 Å². The van der Waals surface area contributed by atoms with Crippen molar-refractivity contribution in [2.24, 2.45) is 0 Å². The molecule has 1 aliphatic rings. The highest BCUT2D eigenvalue weighted by Crippen LogP contribution is 2.35. The molecule has 0 saturated carbocycles. The molecule has 1 aliphatic carbocycles. The van der Waals surface area contributed by atoms with Gasteiger partial charge in [0.2, 0.25) is 0 Å². The lowest BCUT2D eigenvalue weighted by molar-refractivity contribution is 0.103. The van der Waals surface area contributed by atoms with Crippen molar-refractivity contribution in [3.63, 3.8) is 0 Å². The van der Waals surface area contributed by atoms with Crippen LogP contribution in [0.25, 0.3) is 10.2 Å². The molecule has 6 heteroatoms. The van der Waals surface area contributed by atoms with E-state index >= 15 is 0 Å². The smallest absolute Gasteiger partial charge is 0.269 e. The number of nitrogens with zero attached hydrogens (tertiary/aromatic N) is 2. The van der Waals surface area contributed by atoms with E-state index in [1.165, 1.54) is 41.9 Å². The number of nitrogen functional groups attached to an aromatic ring is 1. The average molecular weight is 352 g/mol. The Labute approximate surface area is 150 Å². The number of fused-ring (bicyclic) bond motifs is 2. The number of anilines is 2. The standard InChI is InChI=1S/C19H20N4OS/c1-11-7-8-21-15(9-11)23-18(24)17-16(20)13-10-12-5-3-2-4-6-14(12)22-19(13)25-17/h7-10H,2-6,20H2,1H3,(H,21,23,24). The van der Waals surface area contributed by atoms with Crippen molar-refractivity contribution < 1.29 is 4.79 Å². The van der Waals surface area contributed by atoms with Crippen LogP contribution in [0.5, 0.6) is 0 Å². The van der Waals surface area contributed by atoms with Crippen molar-refractivity contribution in [2.75, 3.05) is 11.1 Å². The first-order chi connectivity index (χ1) is 12.1. The number of aryl methyl sites for hydroxylation is 3. The maximum Gasteiger partial charge on any atom is 0.269 e. The molecule has 0 saturated heterocycles. The zero-order valence-electron chi connectivity index (χ0n) is 14.1. The van der Waals surface area contributed by atoms with Gasteiger partial charge in [-0.05, 0) is 61.9 Å². The van der Waals surface area contributed by atoms with Gasteiger partial charge in [-0.1, -0.05) is 6.42 Å². The molecule has 3 N–H and O–H groups in total. The van der Waals surface area contributed by atoms with Crippen molar-refractivity contribution in [2.45, 2.75) is 39.0 Å². The summed E-state index contributed by atoms with van der Waals surface area (Å²) in [7, 11) is 0. The molecular formula is C19H20N4OS. The van der Waals surface area contributed by atoms with E-state index in [-0.39, 0.29) is 5.91 Å². The Balaban J connectivity index is 1.70. The third kappa shape index (κ3) is 3.09. The van der Waals surface area contributed by atoms with E-state index in [1.807, 2.05) is 19.1 Å². The maximum atomic E-state index is 12.6. The number of hydrogen-bond acceptors (Lipinski definition) is 5. The van der Waals surface area contributed by atoms with Gasteiger partial charge in [0.05, 0.1) is 5.69 Å². The predicted molar refractivity (Wildman–Crippen MR) is 102 cm³/mol. The fourth-order valence-corrected chi connectivity index (χ4v) is 4.27. The second-order valence-electron chi connectivity index (χ2n) is 6.52. The molecule has 1 amide bonds. The van der Waals surface area contributed by atoms with Gasteiger partial charge in [0.1, 0.15) is 15.5 Å². The van der Waals surface area contributed by atoms with Gasteiger partial charge in [-0.3, -0.25) is 4.79 Å². The lowest BCUT2D eigenvalue weighted by Gasteiger charge is -2.05. The van der Waals surface area contributed by atoms with E-state index in [0.29, 0.717) is 16.4 Å². The van der Waals surface area contributed by atoms with Gasteiger partial charge in [-0.15, -0.1) is 11.3 Å². The van der Waals surface area contributed by atoms with E-state index in [2.05, 4.69) is 16.4 Å². The molecule has 0 radical (unpaired) electrons. The largest absolute Gasteiger partial charge is 0.397 e. The third-order valence-electron chi connectivity index (χ3n) is 4.61. The Morgan fingerprint density at radius 1 is 1.24 bits per heavy atom. The van der Waals surface area contributed by atoms with Gasteiger partial charge < -0.3 is 11.1 Å². The summed E-state index contributed by atoms with van der Waals surface area (Å²) >= 11 is 1.36. The lowest BCUT2D eigenvalue weighted by Crippen LogP contribution is -2.13. The molecule has 3 heterocycles. The molecule has 4 rings (SSSR count). The molecule has 0 aromatic carbocycles. The van der Waals surface area contributed by atoms with Crippen LogP contribution in [-0.4, -0.2) is 15.9 Å². The number of rotatable bonds is 2. The summed E-state index contributed by atoms with van der Waals surface area (Å²) < 4.78 is 0. The Kier molecular flexibility index (Phi) is 4.13. The quantitative estimate of drug-likeness (QED) is 0.680. The number of nitrogens with one attached hydrogen (secondary N) is 1. The van der Waals surface area contributed by atoms with E-state index in [0.717, 1.165) is 28.6 Å². The van der Waals surface area contributed by atoms with E-state index in [1.54, 1.807) is 6.20 Å². The topological polar surface area (TPSA) is 80.9 Å². The van der Waals surface area contributed by atoms with Crippen LogP contribution in [-0.2, 0) is 12.8 Å². The fourth-order valence-electron chi connectivity index (χ4n) is 3.28. The molecule has 3 aromatic heterocycles. The SMILES string of the molecule is Cc1ccnc(NC(=O)c2sc3nc4c(cc3c2N)CCCCC4)c1. The molecule has 0 aliphatic heterocycles. The van der Waals surface area contributed by atoms with Crippen molar-refractivity contribution >= 4 is 39.0 Å². The monoisotopic (exact) mass is 352 g/mol. The molecule has 0 atom stereocenters. The van der Waals surface area contributed by atoms with Gasteiger partial charge in [0, 0.05) is 17.3 Å². The molecule has 5 nitrogen and oxygen atoms in total. The first-order valence-corrected chi connectivity index (χ1v) is 9.38. The Bertz CT molecular complexity index is 963. The van der Waals surface area contributed by atoms with Crippen LogP contribution >= 0.6 is 11.3 Å². The Hall–Kier alpha value is -2.47. The van der Waals surface area contributed by atoms with Crippen LogP contribution in [0.3, 0.4) is 0 Å².